The fourth-order valence-corrected chi connectivity index (χ4v) is 1.77. The molecule has 0 aliphatic heterocycles. The number of alkyl halides is 6. The highest BCUT2D eigenvalue weighted by molar-refractivity contribution is 8.00. The Hall–Kier alpha value is -1.42. The lowest BCUT2D eigenvalue weighted by atomic mass is 10.2. The van der Waals surface area contributed by atoms with Gasteiger partial charge in [0, 0.05) is 4.90 Å². The minimum Gasteiger partial charge on any atom is -0.267 e. The Bertz CT molecular complexity index is 474. The van der Waals surface area contributed by atoms with Crippen LogP contribution in [-0.2, 0) is 4.84 Å². The van der Waals surface area contributed by atoms with Crippen molar-refractivity contribution in [1.82, 2.24) is 5.48 Å². The predicted molar refractivity (Wildman–Crippen MR) is 57.8 cm³/mol. The van der Waals surface area contributed by atoms with Gasteiger partial charge in [0.05, 0.1) is 5.56 Å². The number of hydroxylamine groups is 1. The van der Waals surface area contributed by atoms with E-state index >= 15 is 0 Å². The molecular weight excluding hydrogens is 312 g/mol. The summed E-state index contributed by atoms with van der Waals surface area (Å²) in [6, 6.07) is 4.61. The van der Waals surface area contributed by atoms with Crippen LogP contribution in [0.4, 0.5) is 26.3 Å². The number of carbonyl (C=O) groups is 1. The van der Waals surface area contributed by atoms with E-state index < -0.39 is 46.4 Å². The number of halogens is 6. The average Bonchev–Trinajstić information content (AvgIpc) is 2.25. The molecule has 3 nitrogen and oxygen atoms in total. The number of benzene rings is 1. The molecule has 20 heavy (non-hydrogen) atoms. The molecule has 0 bridgehead atoms. The first kappa shape index (κ1) is 16.6. The number of thioether (sulfide) groups is 1. The van der Waals surface area contributed by atoms with Crippen molar-refractivity contribution in [2.24, 2.45) is 0 Å². The average molecular weight is 319 g/mol. The minimum atomic E-state index is -4.66. The SMILES string of the molecule is O=C(NOCC(F)(F)F)c1ccccc1SC(F)(F)F. The molecule has 1 amide bonds. The molecule has 0 fully saturated rings. The van der Waals surface area contributed by atoms with Crippen LogP contribution >= 0.6 is 11.8 Å². The summed E-state index contributed by atoms with van der Waals surface area (Å²) in [5.74, 6) is -1.19. The third-order valence-corrected chi connectivity index (χ3v) is 2.57. The molecular formula is C10H7F6NO2S. The fourth-order valence-electron chi connectivity index (χ4n) is 1.11. The summed E-state index contributed by atoms with van der Waals surface area (Å²) in [5, 5.41) is 0. The van der Waals surface area contributed by atoms with Gasteiger partial charge >= 0.3 is 11.7 Å². The predicted octanol–water partition coefficient (Wildman–Crippen LogP) is 3.52. The van der Waals surface area contributed by atoms with Crippen molar-refractivity contribution in [2.75, 3.05) is 6.61 Å². The van der Waals surface area contributed by atoms with Crippen LogP contribution in [0.5, 0.6) is 0 Å². The molecule has 0 saturated carbocycles. The van der Waals surface area contributed by atoms with Crippen LogP contribution in [0.1, 0.15) is 10.4 Å². The number of hydrogen-bond acceptors (Lipinski definition) is 3. The summed E-state index contributed by atoms with van der Waals surface area (Å²) in [7, 11) is 0. The first-order valence-corrected chi connectivity index (χ1v) is 5.74. The number of rotatable bonds is 4. The number of carbonyl (C=O) groups excluding carboxylic acids is 1. The van der Waals surface area contributed by atoms with Crippen LogP contribution in [-0.4, -0.2) is 24.2 Å². The Morgan fingerprint density at radius 1 is 1.15 bits per heavy atom. The summed E-state index contributed by atoms with van der Waals surface area (Å²) < 4.78 is 72.1. The highest BCUT2D eigenvalue weighted by Gasteiger charge is 2.32. The molecule has 1 N–H and O–H groups in total. The van der Waals surface area contributed by atoms with Crippen molar-refractivity contribution >= 4 is 17.7 Å². The second-order valence-corrected chi connectivity index (χ2v) is 4.49. The number of hydrogen-bond donors (Lipinski definition) is 1. The lowest BCUT2D eigenvalue weighted by Gasteiger charge is -2.12. The zero-order valence-electron chi connectivity index (χ0n) is 9.51. The lowest BCUT2D eigenvalue weighted by molar-refractivity contribution is -0.184. The molecule has 0 saturated heterocycles. The van der Waals surface area contributed by atoms with E-state index in [0.717, 1.165) is 12.1 Å². The Balaban J connectivity index is 2.73. The molecule has 0 aliphatic carbocycles. The molecule has 0 unspecified atom stereocenters. The normalized spacial score (nSPS) is 12.3. The quantitative estimate of drug-likeness (QED) is 0.524. The van der Waals surface area contributed by atoms with Gasteiger partial charge in [-0.2, -0.15) is 26.3 Å². The largest absolute Gasteiger partial charge is 0.446 e. The van der Waals surface area contributed by atoms with Crippen molar-refractivity contribution in [3.63, 3.8) is 0 Å². The molecule has 0 radical (unpaired) electrons. The summed E-state index contributed by atoms with van der Waals surface area (Å²) in [4.78, 5) is 14.9. The first-order valence-electron chi connectivity index (χ1n) is 4.92. The molecule has 0 atom stereocenters. The van der Waals surface area contributed by atoms with Crippen LogP contribution in [0.15, 0.2) is 29.2 Å². The van der Waals surface area contributed by atoms with Gasteiger partial charge in [-0.1, -0.05) is 12.1 Å². The maximum absolute atomic E-state index is 12.2. The van der Waals surface area contributed by atoms with Gasteiger partial charge in [0.15, 0.2) is 6.61 Å². The van der Waals surface area contributed by atoms with Crippen molar-refractivity contribution in [3.8, 4) is 0 Å². The van der Waals surface area contributed by atoms with E-state index in [1.807, 2.05) is 0 Å². The maximum Gasteiger partial charge on any atom is 0.446 e. The molecule has 10 heteroatoms. The van der Waals surface area contributed by atoms with E-state index in [2.05, 4.69) is 4.84 Å². The molecule has 0 spiro atoms. The molecule has 112 valence electrons. The van der Waals surface area contributed by atoms with Crippen molar-refractivity contribution in [3.05, 3.63) is 29.8 Å². The third kappa shape index (κ3) is 6.15. The second-order valence-electron chi connectivity index (χ2n) is 3.38. The Kier molecular flexibility index (Phi) is 5.28. The van der Waals surface area contributed by atoms with Crippen LogP contribution in [0.25, 0.3) is 0 Å². The highest BCUT2D eigenvalue weighted by atomic mass is 32.2. The van der Waals surface area contributed by atoms with E-state index in [0.29, 0.717) is 0 Å². The first-order chi connectivity index (χ1) is 9.08. The van der Waals surface area contributed by atoms with E-state index in [1.54, 1.807) is 0 Å². The lowest BCUT2D eigenvalue weighted by Crippen LogP contribution is -2.29. The molecule has 1 aromatic rings. The molecule has 0 aromatic heterocycles. The van der Waals surface area contributed by atoms with E-state index in [4.69, 9.17) is 0 Å². The van der Waals surface area contributed by atoms with Crippen LogP contribution in [0, 0.1) is 0 Å². The van der Waals surface area contributed by atoms with Gasteiger partial charge in [-0.25, -0.2) is 5.48 Å². The molecule has 0 heterocycles. The van der Waals surface area contributed by atoms with Crippen LogP contribution in [0.2, 0.25) is 0 Å². The molecule has 1 aromatic carbocycles. The van der Waals surface area contributed by atoms with E-state index in [-0.39, 0.29) is 0 Å². The zero-order chi connectivity index (χ0) is 15.4. The van der Waals surface area contributed by atoms with Crippen molar-refractivity contribution in [2.45, 2.75) is 16.6 Å². The van der Waals surface area contributed by atoms with Crippen LogP contribution in [0.3, 0.4) is 0 Å². The summed E-state index contributed by atoms with van der Waals surface area (Å²) in [6.07, 6.45) is -4.66. The van der Waals surface area contributed by atoms with Gasteiger partial charge in [-0.05, 0) is 23.9 Å². The summed E-state index contributed by atoms with van der Waals surface area (Å²) in [5.41, 5.74) is -3.61. The third-order valence-electron chi connectivity index (χ3n) is 1.76. The van der Waals surface area contributed by atoms with Crippen LogP contribution < -0.4 is 5.48 Å². The van der Waals surface area contributed by atoms with Gasteiger partial charge in [0.2, 0.25) is 0 Å². The van der Waals surface area contributed by atoms with E-state index in [1.165, 1.54) is 17.6 Å². The van der Waals surface area contributed by atoms with Gasteiger partial charge in [-0.3, -0.25) is 9.63 Å². The highest BCUT2D eigenvalue weighted by Crippen LogP contribution is 2.38. The number of amides is 1. The molecule has 1 rings (SSSR count). The fraction of sp³-hybridized carbons (Fsp3) is 0.300. The van der Waals surface area contributed by atoms with Gasteiger partial charge in [0.1, 0.15) is 0 Å². The molecule has 0 aliphatic rings. The van der Waals surface area contributed by atoms with Crippen molar-refractivity contribution in [1.29, 1.82) is 0 Å². The number of nitrogens with one attached hydrogen (secondary N) is 1. The zero-order valence-corrected chi connectivity index (χ0v) is 10.3. The maximum atomic E-state index is 12.2. The van der Waals surface area contributed by atoms with E-state index in [9.17, 15) is 31.1 Å². The topological polar surface area (TPSA) is 38.3 Å². The standard InChI is InChI=1S/C10H7F6NO2S/c11-9(12,13)5-19-17-8(18)6-3-1-2-4-7(6)20-10(14,15)16/h1-4H,5H2,(H,17,18). The van der Waals surface area contributed by atoms with Crippen molar-refractivity contribution < 1.29 is 36.0 Å². The van der Waals surface area contributed by atoms with Gasteiger partial charge in [0.25, 0.3) is 5.91 Å². The Labute approximate surface area is 113 Å². The smallest absolute Gasteiger partial charge is 0.267 e. The summed E-state index contributed by atoms with van der Waals surface area (Å²) in [6.45, 7) is -1.74. The van der Waals surface area contributed by atoms with Gasteiger partial charge < -0.3 is 0 Å². The Morgan fingerprint density at radius 3 is 2.30 bits per heavy atom. The summed E-state index contributed by atoms with van der Waals surface area (Å²) >= 11 is -0.544. The minimum absolute atomic E-state index is 0.433. The Morgan fingerprint density at radius 2 is 1.75 bits per heavy atom. The van der Waals surface area contributed by atoms with Gasteiger partial charge in [-0.15, -0.1) is 0 Å². The second kappa shape index (κ2) is 6.35. The monoisotopic (exact) mass is 319 g/mol.